The first-order valence-electron chi connectivity index (χ1n) is 5.07. The van der Waals surface area contributed by atoms with Crippen molar-refractivity contribution in [3.8, 4) is 11.5 Å². The van der Waals surface area contributed by atoms with E-state index in [4.69, 9.17) is 15.3 Å². The van der Waals surface area contributed by atoms with E-state index in [0.717, 1.165) is 5.56 Å². The molecule has 0 aliphatic heterocycles. The molecule has 0 spiro atoms. The summed E-state index contributed by atoms with van der Waals surface area (Å²) in [6, 6.07) is 4.77. The number of benzene rings is 1. The summed E-state index contributed by atoms with van der Waals surface area (Å²) >= 11 is 0. The summed E-state index contributed by atoms with van der Waals surface area (Å²) in [5.74, 6) is -0.0967. The second-order valence-electron chi connectivity index (χ2n) is 3.53. The Labute approximate surface area is 99.3 Å². The molecule has 1 aromatic rings. The van der Waals surface area contributed by atoms with Gasteiger partial charge in [0, 0.05) is 0 Å². The Kier molecular flexibility index (Phi) is 4.74. The van der Waals surface area contributed by atoms with Crippen LogP contribution >= 0.6 is 0 Å². The highest BCUT2D eigenvalue weighted by Crippen LogP contribution is 2.28. The summed E-state index contributed by atoms with van der Waals surface area (Å²) in [4.78, 5) is 15.4. The van der Waals surface area contributed by atoms with E-state index >= 15 is 0 Å². The van der Waals surface area contributed by atoms with Crippen molar-refractivity contribution in [1.82, 2.24) is 5.48 Å². The minimum atomic E-state index is -0.548. The molecule has 6 heteroatoms. The molecule has 1 rings (SSSR count). The number of phenolic OH excluding ortho intramolecular Hbond substituents is 1. The Morgan fingerprint density at radius 3 is 2.88 bits per heavy atom. The fourth-order valence-corrected chi connectivity index (χ4v) is 1.27. The number of nitrogens with one attached hydrogen (secondary N) is 1. The fourth-order valence-electron chi connectivity index (χ4n) is 1.27. The predicted octanol–water partition coefficient (Wildman–Crippen LogP) is 0.468. The molecular weight excluding hydrogens is 224 g/mol. The first-order valence-corrected chi connectivity index (χ1v) is 5.07. The van der Waals surface area contributed by atoms with Gasteiger partial charge in [-0.15, -0.1) is 0 Å². The summed E-state index contributed by atoms with van der Waals surface area (Å²) in [6.45, 7) is 1.65. The maximum absolute atomic E-state index is 10.5. The molecule has 0 aliphatic carbocycles. The number of amides is 1. The summed E-state index contributed by atoms with van der Waals surface area (Å²) in [5.41, 5.74) is 8.44. The van der Waals surface area contributed by atoms with Crippen LogP contribution in [0.1, 0.15) is 18.5 Å². The van der Waals surface area contributed by atoms with Crippen molar-refractivity contribution in [2.24, 2.45) is 5.73 Å². The molecule has 0 aromatic heterocycles. The molecule has 4 N–H and O–H groups in total. The van der Waals surface area contributed by atoms with Gasteiger partial charge >= 0.3 is 0 Å². The molecule has 17 heavy (non-hydrogen) atoms. The van der Waals surface area contributed by atoms with Crippen molar-refractivity contribution in [3.63, 3.8) is 0 Å². The van der Waals surface area contributed by atoms with Gasteiger partial charge in [-0.25, -0.2) is 0 Å². The third kappa shape index (κ3) is 3.93. The SMILES string of the molecule is COc1cc(C(C)NOCC(N)=O)ccc1O. The molecule has 6 nitrogen and oxygen atoms in total. The molecule has 0 fully saturated rings. The molecular formula is C11H16N2O4. The van der Waals surface area contributed by atoms with Crippen molar-refractivity contribution in [2.75, 3.05) is 13.7 Å². The van der Waals surface area contributed by atoms with Crippen LogP contribution in [0.4, 0.5) is 0 Å². The number of carbonyl (C=O) groups is 1. The lowest BCUT2D eigenvalue weighted by Crippen LogP contribution is -2.26. The van der Waals surface area contributed by atoms with E-state index in [1.807, 2.05) is 6.92 Å². The topological polar surface area (TPSA) is 93.8 Å². The van der Waals surface area contributed by atoms with Crippen LogP contribution < -0.4 is 16.0 Å². The van der Waals surface area contributed by atoms with Gasteiger partial charge < -0.3 is 15.6 Å². The zero-order valence-corrected chi connectivity index (χ0v) is 9.77. The Morgan fingerprint density at radius 2 is 2.29 bits per heavy atom. The van der Waals surface area contributed by atoms with E-state index in [1.165, 1.54) is 13.2 Å². The Morgan fingerprint density at radius 1 is 1.59 bits per heavy atom. The molecule has 1 aromatic carbocycles. The van der Waals surface area contributed by atoms with Gasteiger partial charge in [-0.1, -0.05) is 6.07 Å². The van der Waals surface area contributed by atoms with E-state index < -0.39 is 5.91 Å². The van der Waals surface area contributed by atoms with Gasteiger partial charge in [0.1, 0.15) is 6.61 Å². The number of methoxy groups -OCH3 is 1. The van der Waals surface area contributed by atoms with Crippen LogP contribution in [-0.4, -0.2) is 24.7 Å². The van der Waals surface area contributed by atoms with E-state index in [0.29, 0.717) is 5.75 Å². The lowest BCUT2D eigenvalue weighted by Gasteiger charge is -2.14. The van der Waals surface area contributed by atoms with Crippen LogP contribution in [-0.2, 0) is 9.63 Å². The number of rotatable bonds is 6. The molecule has 0 radical (unpaired) electrons. The monoisotopic (exact) mass is 240 g/mol. The molecule has 94 valence electrons. The number of hydroxylamine groups is 1. The zero-order chi connectivity index (χ0) is 12.8. The molecule has 0 aliphatic rings. The van der Waals surface area contributed by atoms with E-state index in [1.54, 1.807) is 12.1 Å². The summed E-state index contributed by atoms with van der Waals surface area (Å²) < 4.78 is 4.99. The molecule has 0 saturated carbocycles. The highest BCUT2D eigenvalue weighted by Gasteiger charge is 2.09. The average molecular weight is 240 g/mol. The van der Waals surface area contributed by atoms with Crippen molar-refractivity contribution >= 4 is 5.91 Å². The van der Waals surface area contributed by atoms with Crippen molar-refractivity contribution < 1.29 is 19.5 Å². The average Bonchev–Trinajstić information content (AvgIpc) is 2.29. The second-order valence-corrected chi connectivity index (χ2v) is 3.53. The molecule has 1 unspecified atom stereocenters. The highest BCUT2D eigenvalue weighted by atomic mass is 16.6. The van der Waals surface area contributed by atoms with Crippen LogP contribution in [0.3, 0.4) is 0 Å². The molecule has 1 atom stereocenters. The number of aromatic hydroxyl groups is 1. The minimum Gasteiger partial charge on any atom is -0.504 e. The Bertz CT molecular complexity index is 395. The van der Waals surface area contributed by atoms with Gasteiger partial charge in [0.15, 0.2) is 11.5 Å². The maximum atomic E-state index is 10.5. The lowest BCUT2D eigenvalue weighted by atomic mass is 10.1. The van der Waals surface area contributed by atoms with E-state index in [2.05, 4.69) is 5.48 Å². The van der Waals surface area contributed by atoms with Crippen molar-refractivity contribution in [1.29, 1.82) is 0 Å². The zero-order valence-electron chi connectivity index (χ0n) is 9.77. The van der Waals surface area contributed by atoms with Crippen molar-refractivity contribution in [3.05, 3.63) is 23.8 Å². The third-order valence-corrected chi connectivity index (χ3v) is 2.18. The maximum Gasteiger partial charge on any atom is 0.245 e. The lowest BCUT2D eigenvalue weighted by molar-refractivity contribution is -0.126. The summed E-state index contributed by atoms with van der Waals surface area (Å²) in [6.07, 6.45) is 0. The largest absolute Gasteiger partial charge is 0.504 e. The highest BCUT2D eigenvalue weighted by molar-refractivity contribution is 5.74. The second kappa shape index (κ2) is 6.07. The van der Waals surface area contributed by atoms with Gasteiger partial charge in [0.2, 0.25) is 5.91 Å². The van der Waals surface area contributed by atoms with Gasteiger partial charge in [0.25, 0.3) is 0 Å². The summed E-state index contributed by atoms with van der Waals surface area (Å²) in [7, 11) is 1.47. The van der Waals surface area contributed by atoms with Gasteiger partial charge in [-0.3, -0.25) is 9.63 Å². The first-order chi connectivity index (χ1) is 8.04. The Balaban J connectivity index is 2.62. The number of hydrogen-bond donors (Lipinski definition) is 3. The van der Waals surface area contributed by atoms with Crippen LogP contribution in [0.2, 0.25) is 0 Å². The fraction of sp³-hybridized carbons (Fsp3) is 0.364. The van der Waals surface area contributed by atoms with Crippen molar-refractivity contribution in [2.45, 2.75) is 13.0 Å². The normalized spacial score (nSPS) is 12.1. The number of phenols is 1. The molecule has 0 bridgehead atoms. The van der Waals surface area contributed by atoms with Crippen LogP contribution in [0.15, 0.2) is 18.2 Å². The molecule has 1 amide bonds. The van der Waals surface area contributed by atoms with Gasteiger partial charge in [0.05, 0.1) is 13.2 Å². The van der Waals surface area contributed by atoms with E-state index in [9.17, 15) is 9.90 Å². The standard InChI is InChI=1S/C11H16N2O4/c1-7(13-17-6-11(12)15)8-3-4-9(14)10(5-8)16-2/h3-5,7,13-14H,6H2,1-2H3,(H2,12,15). The number of carbonyl (C=O) groups excluding carboxylic acids is 1. The first kappa shape index (κ1) is 13.3. The van der Waals surface area contributed by atoms with Crippen LogP contribution in [0.5, 0.6) is 11.5 Å². The third-order valence-electron chi connectivity index (χ3n) is 2.18. The predicted molar refractivity (Wildman–Crippen MR) is 61.4 cm³/mol. The summed E-state index contributed by atoms with van der Waals surface area (Å²) in [5, 5.41) is 9.43. The molecule has 0 saturated heterocycles. The Hall–Kier alpha value is -1.79. The number of nitrogens with two attached hydrogens (primary N) is 1. The van der Waals surface area contributed by atoms with Crippen LogP contribution in [0.25, 0.3) is 0 Å². The number of primary amides is 1. The van der Waals surface area contributed by atoms with E-state index in [-0.39, 0.29) is 18.4 Å². The van der Waals surface area contributed by atoms with Gasteiger partial charge in [-0.2, -0.15) is 5.48 Å². The number of ether oxygens (including phenoxy) is 1. The quantitative estimate of drug-likeness (QED) is 0.628. The van der Waals surface area contributed by atoms with Crippen LogP contribution in [0, 0.1) is 0 Å². The van der Waals surface area contributed by atoms with Gasteiger partial charge in [-0.05, 0) is 24.6 Å². The smallest absolute Gasteiger partial charge is 0.245 e. The molecule has 0 heterocycles. The number of hydrogen-bond acceptors (Lipinski definition) is 5. The minimum absolute atomic E-state index is 0.0708.